The van der Waals surface area contributed by atoms with Gasteiger partial charge in [-0.25, -0.2) is 0 Å². The van der Waals surface area contributed by atoms with Crippen LogP contribution in [0.3, 0.4) is 0 Å². The Kier molecular flexibility index (Phi) is 4.05. The van der Waals surface area contributed by atoms with Crippen LogP contribution >= 0.6 is 0 Å². The zero-order valence-corrected chi connectivity index (χ0v) is 9.91. The number of H-pyrrole nitrogens is 1. The topological polar surface area (TPSA) is 85.8 Å². The van der Waals surface area contributed by atoms with E-state index < -0.39 is 11.4 Å². The number of carbonyl (C=O) groups is 1. The zero-order valence-electron chi connectivity index (χ0n) is 9.91. The number of nitriles is 1. The second-order valence-electron chi connectivity index (χ2n) is 3.78. The molecule has 1 rings (SSSR count). The smallest absolute Gasteiger partial charge is 0.269 e. The molecule has 0 fully saturated rings. The lowest BCUT2D eigenvalue weighted by Gasteiger charge is -2.24. The molecule has 0 aromatic carbocycles. The number of aromatic nitrogens is 1. The summed E-state index contributed by atoms with van der Waals surface area (Å²) >= 11 is 0. The van der Waals surface area contributed by atoms with E-state index in [1.807, 2.05) is 13.8 Å². The van der Waals surface area contributed by atoms with Gasteiger partial charge in [0.1, 0.15) is 11.2 Å². The molecule has 5 nitrogen and oxygen atoms in total. The largest absolute Gasteiger partial charge is 0.332 e. The van der Waals surface area contributed by atoms with Crippen LogP contribution < -0.4 is 10.9 Å². The monoisotopic (exact) mass is 233 g/mol. The first kappa shape index (κ1) is 13.0. The minimum Gasteiger partial charge on any atom is -0.332 e. The maximum Gasteiger partial charge on any atom is 0.269 e. The lowest BCUT2D eigenvalue weighted by atomic mass is 9.94. The average Bonchev–Trinajstić information content (AvgIpc) is 2.36. The number of nitrogens with one attached hydrogen (secondary N) is 2. The molecule has 1 aromatic rings. The van der Waals surface area contributed by atoms with Gasteiger partial charge in [-0.15, -0.1) is 0 Å². The zero-order chi connectivity index (χ0) is 12.9. The van der Waals surface area contributed by atoms with Gasteiger partial charge >= 0.3 is 0 Å². The first-order valence-electron chi connectivity index (χ1n) is 5.50. The Bertz CT molecular complexity index is 495. The molecule has 2 N–H and O–H groups in total. The maximum atomic E-state index is 11.9. The van der Waals surface area contributed by atoms with Gasteiger partial charge in [-0.2, -0.15) is 5.26 Å². The summed E-state index contributed by atoms with van der Waals surface area (Å²) in [7, 11) is 0. The van der Waals surface area contributed by atoms with Crippen LogP contribution in [0, 0.1) is 11.3 Å². The third-order valence-corrected chi connectivity index (χ3v) is 2.79. The van der Waals surface area contributed by atoms with Gasteiger partial charge in [0.25, 0.3) is 5.91 Å². The van der Waals surface area contributed by atoms with Crippen LogP contribution in [0.2, 0.25) is 0 Å². The van der Waals surface area contributed by atoms with Gasteiger partial charge in [0.15, 0.2) is 0 Å². The van der Waals surface area contributed by atoms with E-state index in [0.29, 0.717) is 12.8 Å². The van der Waals surface area contributed by atoms with E-state index in [0.717, 1.165) is 0 Å². The van der Waals surface area contributed by atoms with Crippen LogP contribution in [0.4, 0.5) is 0 Å². The standard InChI is InChI=1S/C12H15N3O2/c1-3-12(4-2,8-13)15-11(17)9-6-5-7-10(16)14-9/h5-7H,3-4H2,1-2H3,(H,14,16)(H,15,17). The highest BCUT2D eigenvalue weighted by Crippen LogP contribution is 2.14. The summed E-state index contributed by atoms with van der Waals surface area (Å²) in [5, 5.41) is 11.7. The molecule has 1 amide bonds. The van der Waals surface area contributed by atoms with Gasteiger partial charge in [0, 0.05) is 6.07 Å². The molecule has 0 aliphatic heterocycles. The predicted octanol–water partition coefficient (Wildman–Crippen LogP) is 1.19. The van der Waals surface area contributed by atoms with Gasteiger partial charge in [0.2, 0.25) is 5.56 Å². The number of rotatable bonds is 4. The highest BCUT2D eigenvalue weighted by atomic mass is 16.2. The Hall–Kier alpha value is -2.09. The van der Waals surface area contributed by atoms with Crippen molar-refractivity contribution < 1.29 is 4.79 Å². The highest BCUT2D eigenvalue weighted by Gasteiger charge is 2.28. The molecule has 17 heavy (non-hydrogen) atoms. The molecule has 0 saturated heterocycles. The predicted molar refractivity (Wildman–Crippen MR) is 63.5 cm³/mol. The van der Waals surface area contributed by atoms with E-state index in [-0.39, 0.29) is 11.3 Å². The van der Waals surface area contributed by atoms with Crippen LogP contribution in [0.15, 0.2) is 23.0 Å². The van der Waals surface area contributed by atoms with Gasteiger partial charge in [-0.1, -0.05) is 19.9 Å². The molecule has 0 bridgehead atoms. The van der Waals surface area contributed by atoms with Crippen molar-refractivity contribution in [1.82, 2.24) is 10.3 Å². The van der Waals surface area contributed by atoms with Crippen LogP contribution in [-0.4, -0.2) is 16.4 Å². The third-order valence-electron chi connectivity index (χ3n) is 2.79. The Labute approximate surface area is 99.5 Å². The summed E-state index contributed by atoms with van der Waals surface area (Å²) in [5.74, 6) is -0.437. The van der Waals surface area contributed by atoms with E-state index in [1.165, 1.54) is 18.2 Å². The van der Waals surface area contributed by atoms with E-state index >= 15 is 0 Å². The quantitative estimate of drug-likeness (QED) is 0.819. The van der Waals surface area contributed by atoms with Gasteiger partial charge in [-0.3, -0.25) is 9.59 Å². The number of carbonyl (C=O) groups excluding carboxylic acids is 1. The minimum atomic E-state index is -0.871. The molecule has 0 saturated carbocycles. The molecule has 0 atom stereocenters. The van der Waals surface area contributed by atoms with Crippen LogP contribution in [0.5, 0.6) is 0 Å². The molecule has 0 aliphatic carbocycles. The molecule has 0 spiro atoms. The fourth-order valence-electron chi connectivity index (χ4n) is 1.48. The first-order valence-corrected chi connectivity index (χ1v) is 5.50. The number of hydrogen-bond acceptors (Lipinski definition) is 3. The highest BCUT2D eigenvalue weighted by molar-refractivity contribution is 5.92. The van der Waals surface area contributed by atoms with E-state index in [2.05, 4.69) is 16.4 Å². The maximum absolute atomic E-state index is 11.9. The summed E-state index contributed by atoms with van der Waals surface area (Å²) in [5.41, 5.74) is -1.05. The second-order valence-corrected chi connectivity index (χ2v) is 3.78. The molecule has 0 unspecified atom stereocenters. The Morgan fingerprint density at radius 1 is 1.47 bits per heavy atom. The summed E-state index contributed by atoms with van der Waals surface area (Å²) in [6.07, 6.45) is 1.03. The molecule has 1 heterocycles. The lowest BCUT2D eigenvalue weighted by molar-refractivity contribution is 0.0910. The molecule has 0 radical (unpaired) electrons. The van der Waals surface area contributed by atoms with Crippen LogP contribution in [-0.2, 0) is 0 Å². The number of pyridine rings is 1. The molecule has 0 aliphatic rings. The Morgan fingerprint density at radius 3 is 2.59 bits per heavy atom. The van der Waals surface area contributed by atoms with Crippen molar-refractivity contribution in [1.29, 1.82) is 5.26 Å². The normalized spacial score (nSPS) is 10.6. The molecule has 1 aromatic heterocycles. The third kappa shape index (κ3) is 2.94. The van der Waals surface area contributed by atoms with Crippen molar-refractivity contribution in [3.63, 3.8) is 0 Å². The van der Waals surface area contributed by atoms with Gasteiger partial charge < -0.3 is 10.3 Å². The summed E-state index contributed by atoms with van der Waals surface area (Å²) in [4.78, 5) is 25.4. The summed E-state index contributed by atoms with van der Waals surface area (Å²) < 4.78 is 0. The van der Waals surface area contributed by atoms with Crippen molar-refractivity contribution in [3.05, 3.63) is 34.2 Å². The number of aromatic amines is 1. The van der Waals surface area contributed by atoms with Crippen molar-refractivity contribution in [2.75, 3.05) is 0 Å². The first-order chi connectivity index (χ1) is 8.06. The Balaban J connectivity index is 2.93. The van der Waals surface area contributed by atoms with Crippen molar-refractivity contribution in [2.45, 2.75) is 32.2 Å². The SMILES string of the molecule is CCC(C#N)(CC)NC(=O)c1cccc(=O)[nH]1. The van der Waals surface area contributed by atoms with Crippen molar-refractivity contribution >= 4 is 5.91 Å². The molecular weight excluding hydrogens is 218 g/mol. The van der Waals surface area contributed by atoms with E-state index in [1.54, 1.807) is 0 Å². The van der Waals surface area contributed by atoms with Crippen molar-refractivity contribution in [3.8, 4) is 6.07 Å². The summed E-state index contributed by atoms with van der Waals surface area (Å²) in [6, 6.07) is 6.44. The molecule has 5 heteroatoms. The minimum absolute atomic E-state index is 0.166. The van der Waals surface area contributed by atoms with Crippen LogP contribution in [0.25, 0.3) is 0 Å². The van der Waals surface area contributed by atoms with E-state index in [9.17, 15) is 9.59 Å². The van der Waals surface area contributed by atoms with E-state index in [4.69, 9.17) is 5.26 Å². The molecule has 90 valence electrons. The van der Waals surface area contributed by atoms with Crippen molar-refractivity contribution in [2.24, 2.45) is 0 Å². The number of nitrogens with zero attached hydrogens (tertiary/aromatic N) is 1. The van der Waals surface area contributed by atoms with Gasteiger partial charge in [-0.05, 0) is 18.9 Å². The molecular formula is C12H15N3O2. The fourth-order valence-corrected chi connectivity index (χ4v) is 1.48. The second kappa shape index (κ2) is 5.30. The van der Waals surface area contributed by atoms with Crippen LogP contribution in [0.1, 0.15) is 37.2 Å². The summed E-state index contributed by atoms with van der Waals surface area (Å²) in [6.45, 7) is 3.67. The number of hydrogen-bond donors (Lipinski definition) is 2. The lowest BCUT2D eigenvalue weighted by Crippen LogP contribution is -2.46. The Morgan fingerprint density at radius 2 is 2.12 bits per heavy atom. The average molecular weight is 233 g/mol. The number of amides is 1. The van der Waals surface area contributed by atoms with Gasteiger partial charge in [0.05, 0.1) is 6.07 Å². The fraction of sp³-hybridized carbons (Fsp3) is 0.417.